The van der Waals surface area contributed by atoms with E-state index in [-0.39, 0.29) is 18.1 Å². The number of nitrogens with zero attached hydrogens (tertiary/aromatic N) is 1. The summed E-state index contributed by atoms with van der Waals surface area (Å²) in [6.07, 6.45) is 1.12. The third-order valence-electron chi connectivity index (χ3n) is 4.30. The van der Waals surface area contributed by atoms with Crippen molar-refractivity contribution >= 4 is 5.91 Å². The molecule has 1 fully saturated rings. The van der Waals surface area contributed by atoms with Gasteiger partial charge in [-0.05, 0) is 37.8 Å². The molecular weight excluding hydrogens is 248 g/mol. The molecule has 0 aliphatic carbocycles. The molecule has 3 unspecified atom stereocenters. The third-order valence-corrected chi connectivity index (χ3v) is 4.30. The van der Waals surface area contributed by atoms with E-state index >= 15 is 0 Å². The molecule has 0 saturated carbocycles. The normalized spacial score (nSPS) is 24.2. The van der Waals surface area contributed by atoms with Crippen LogP contribution in [0.5, 0.6) is 0 Å². The Balaban J connectivity index is 2.30. The van der Waals surface area contributed by atoms with Crippen LogP contribution >= 0.6 is 0 Å². The molecule has 20 heavy (non-hydrogen) atoms. The lowest BCUT2D eigenvalue weighted by molar-refractivity contribution is -0.130. The molecule has 110 valence electrons. The average Bonchev–Trinajstić information content (AvgIpc) is 2.67. The minimum absolute atomic E-state index is 0.0205. The first-order chi connectivity index (χ1) is 9.43. The lowest BCUT2D eigenvalue weighted by atomic mass is 10.0. The Hall–Kier alpha value is -1.35. The topological polar surface area (TPSA) is 32.3 Å². The maximum absolute atomic E-state index is 12.4. The lowest BCUT2D eigenvalue weighted by Gasteiger charge is -2.28. The molecule has 1 N–H and O–H groups in total. The molecule has 0 spiro atoms. The predicted molar refractivity (Wildman–Crippen MR) is 82.4 cm³/mol. The first-order valence-electron chi connectivity index (χ1n) is 7.57. The maximum Gasteiger partial charge on any atom is 0.241 e. The van der Waals surface area contributed by atoms with E-state index in [2.05, 4.69) is 51.2 Å². The third kappa shape index (κ3) is 2.88. The summed E-state index contributed by atoms with van der Waals surface area (Å²) in [4.78, 5) is 14.4. The number of aryl methyl sites for hydroxylation is 2. The minimum atomic E-state index is -0.0928. The molecule has 1 aromatic carbocycles. The van der Waals surface area contributed by atoms with Crippen LogP contribution in [0, 0.1) is 19.8 Å². The molecule has 1 amide bonds. The molecule has 2 rings (SSSR count). The zero-order valence-corrected chi connectivity index (χ0v) is 13.2. The van der Waals surface area contributed by atoms with Crippen molar-refractivity contribution in [2.24, 2.45) is 5.92 Å². The minimum Gasteiger partial charge on any atom is -0.321 e. The molecule has 3 nitrogen and oxygen atoms in total. The van der Waals surface area contributed by atoms with E-state index in [0.717, 1.165) is 13.0 Å². The van der Waals surface area contributed by atoms with Gasteiger partial charge in [-0.15, -0.1) is 0 Å². The van der Waals surface area contributed by atoms with Gasteiger partial charge in [0.15, 0.2) is 0 Å². The van der Waals surface area contributed by atoms with Crippen LogP contribution in [0.15, 0.2) is 18.2 Å². The number of hydrogen-bond donors (Lipinski definition) is 1. The van der Waals surface area contributed by atoms with Gasteiger partial charge in [0.25, 0.3) is 0 Å². The van der Waals surface area contributed by atoms with Gasteiger partial charge in [-0.25, -0.2) is 0 Å². The second-order valence-corrected chi connectivity index (χ2v) is 6.15. The fourth-order valence-electron chi connectivity index (χ4n) is 2.82. The van der Waals surface area contributed by atoms with E-state index in [1.165, 1.54) is 16.7 Å². The van der Waals surface area contributed by atoms with Crippen molar-refractivity contribution in [3.63, 3.8) is 0 Å². The molecule has 1 heterocycles. The molecule has 1 saturated heterocycles. The largest absolute Gasteiger partial charge is 0.321 e. The SMILES string of the molecule is CCC(C)CN1C(=O)C(C)NC1c1ccc(C)cc1C. The van der Waals surface area contributed by atoms with Crippen LogP contribution < -0.4 is 5.32 Å². The molecule has 0 bridgehead atoms. The molecule has 1 aliphatic rings. The summed E-state index contributed by atoms with van der Waals surface area (Å²) < 4.78 is 0. The number of benzene rings is 1. The van der Waals surface area contributed by atoms with Crippen molar-refractivity contribution in [3.8, 4) is 0 Å². The van der Waals surface area contributed by atoms with E-state index in [4.69, 9.17) is 0 Å². The van der Waals surface area contributed by atoms with Crippen LogP contribution in [0.25, 0.3) is 0 Å². The monoisotopic (exact) mass is 274 g/mol. The molecule has 0 radical (unpaired) electrons. The summed E-state index contributed by atoms with van der Waals surface area (Å²) in [5.74, 6) is 0.745. The number of nitrogens with one attached hydrogen (secondary N) is 1. The van der Waals surface area contributed by atoms with E-state index in [9.17, 15) is 4.79 Å². The molecule has 1 aliphatic heterocycles. The smallest absolute Gasteiger partial charge is 0.241 e. The van der Waals surface area contributed by atoms with Crippen molar-refractivity contribution in [1.82, 2.24) is 10.2 Å². The van der Waals surface area contributed by atoms with Crippen molar-refractivity contribution in [2.75, 3.05) is 6.54 Å². The number of rotatable bonds is 4. The van der Waals surface area contributed by atoms with Crippen molar-refractivity contribution in [3.05, 3.63) is 34.9 Å². The van der Waals surface area contributed by atoms with Gasteiger partial charge < -0.3 is 4.90 Å². The highest BCUT2D eigenvalue weighted by molar-refractivity contribution is 5.84. The van der Waals surface area contributed by atoms with Gasteiger partial charge in [-0.2, -0.15) is 0 Å². The van der Waals surface area contributed by atoms with E-state index in [1.807, 2.05) is 11.8 Å². The Bertz CT molecular complexity index is 498. The summed E-state index contributed by atoms with van der Waals surface area (Å²) in [6.45, 7) is 11.4. The summed E-state index contributed by atoms with van der Waals surface area (Å²) >= 11 is 0. The van der Waals surface area contributed by atoms with Crippen molar-refractivity contribution < 1.29 is 4.79 Å². The van der Waals surface area contributed by atoms with Crippen molar-refractivity contribution in [1.29, 1.82) is 0 Å². The Labute approximate surface area is 122 Å². The van der Waals surface area contributed by atoms with Gasteiger partial charge in [0.05, 0.1) is 6.04 Å². The summed E-state index contributed by atoms with van der Waals surface area (Å²) in [5.41, 5.74) is 3.73. The predicted octanol–water partition coefficient (Wildman–Crippen LogP) is 3.17. The summed E-state index contributed by atoms with van der Waals surface area (Å²) in [5, 5.41) is 3.44. The van der Waals surface area contributed by atoms with Gasteiger partial charge in [0.1, 0.15) is 6.17 Å². The highest BCUT2D eigenvalue weighted by atomic mass is 16.2. The standard InChI is InChI=1S/C17H26N2O/c1-6-11(2)10-19-16(18-14(5)17(19)20)15-8-7-12(3)9-13(15)4/h7-9,11,14,16,18H,6,10H2,1-5H3. The molecule has 3 atom stereocenters. The highest BCUT2D eigenvalue weighted by Crippen LogP contribution is 2.29. The molecule has 3 heteroatoms. The Morgan fingerprint density at radius 1 is 1.35 bits per heavy atom. The van der Waals surface area contributed by atoms with Crippen LogP contribution in [-0.2, 0) is 4.79 Å². The fourth-order valence-corrected chi connectivity index (χ4v) is 2.82. The van der Waals surface area contributed by atoms with Crippen molar-refractivity contribution in [2.45, 2.75) is 53.2 Å². The maximum atomic E-state index is 12.4. The Kier molecular flexibility index (Phi) is 4.48. The van der Waals surface area contributed by atoms with Gasteiger partial charge >= 0.3 is 0 Å². The van der Waals surface area contributed by atoms with E-state index in [0.29, 0.717) is 5.92 Å². The van der Waals surface area contributed by atoms with Gasteiger partial charge in [0, 0.05) is 6.54 Å². The second kappa shape index (κ2) is 5.96. The molecular formula is C17H26N2O. The van der Waals surface area contributed by atoms with Gasteiger partial charge in [0.2, 0.25) is 5.91 Å². The van der Waals surface area contributed by atoms with Gasteiger partial charge in [-0.3, -0.25) is 10.1 Å². The Morgan fingerprint density at radius 2 is 2.05 bits per heavy atom. The zero-order valence-electron chi connectivity index (χ0n) is 13.2. The van der Waals surface area contributed by atoms with Gasteiger partial charge in [-0.1, -0.05) is 44.0 Å². The first-order valence-corrected chi connectivity index (χ1v) is 7.57. The van der Waals surface area contributed by atoms with Crippen LogP contribution in [0.4, 0.5) is 0 Å². The average molecular weight is 274 g/mol. The van der Waals surface area contributed by atoms with Crippen LogP contribution in [0.1, 0.15) is 50.0 Å². The quantitative estimate of drug-likeness (QED) is 0.914. The van der Waals surface area contributed by atoms with E-state index < -0.39 is 0 Å². The van der Waals surface area contributed by atoms with Crippen LogP contribution in [0.3, 0.4) is 0 Å². The van der Waals surface area contributed by atoms with Crippen LogP contribution in [0.2, 0.25) is 0 Å². The number of carbonyl (C=O) groups excluding carboxylic acids is 1. The first kappa shape index (κ1) is 15.0. The summed E-state index contributed by atoms with van der Waals surface area (Å²) in [7, 11) is 0. The highest BCUT2D eigenvalue weighted by Gasteiger charge is 2.37. The lowest BCUT2D eigenvalue weighted by Crippen LogP contribution is -2.34. The van der Waals surface area contributed by atoms with E-state index in [1.54, 1.807) is 0 Å². The number of hydrogen-bond acceptors (Lipinski definition) is 2. The number of amides is 1. The number of carbonyl (C=O) groups is 1. The molecule has 1 aromatic rings. The zero-order chi connectivity index (χ0) is 14.9. The molecule has 0 aromatic heterocycles. The second-order valence-electron chi connectivity index (χ2n) is 6.15. The Morgan fingerprint density at radius 3 is 2.65 bits per heavy atom. The van der Waals surface area contributed by atoms with Crippen LogP contribution in [-0.4, -0.2) is 23.4 Å². The fraction of sp³-hybridized carbons (Fsp3) is 0.588. The summed E-state index contributed by atoms with van der Waals surface area (Å²) in [6, 6.07) is 6.37.